The van der Waals surface area contributed by atoms with Crippen LogP contribution in [0.3, 0.4) is 0 Å². The van der Waals surface area contributed by atoms with Crippen molar-refractivity contribution in [1.82, 2.24) is 14.9 Å². The Morgan fingerprint density at radius 2 is 1.75 bits per heavy atom. The monoisotopic (exact) mass is 490 g/mol. The Hall–Kier alpha value is -3.68. The molecule has 2 aromatic carbocycles. The summed E-state index contributed by atoms with van der Waals surface area (Å²) in [5.74, 6) is 2.14. The number of amides is 1. The lowest BCUT2D eigenvalue weighted by Gasteiger charge is -2.32. The van der Waals surface area contributed by atoms with Crippen LogP contribution in [0.2, 0.25) is 0 Å². The van der Waals surface area contributed by atoms with Gasteiger partial charge < -0.3 is 19.3 Å². The smallest absolute Gasteiger partial charge is 0.229 e. The molecule has 3 heterocycles. The number of ether oxygens (including phenoxy) is 2. The van der Waals surface area contributed by atoms with Gasteiger partial charge in [-0.05, 0) is 67.6 Å². The van der Waals surface area contributed by atoms with E-state index in [1.54, 1.807) is 26.2 Å². The third-order valence-electron chi connectivity index (χ3n) is 6.86. The lowest BCUT2D eigenvalue weighted by molar-refractivity contribution is -0.131. The standard InChI is InChI=1S/C28H31FN4O3/c1-19-16-22(10-11-24(19)29)36-27-23-18-33(26(34)17-20-6-8-21(35-2)9-7-20)15-12-25(23)30-28(31-27)32-13-4-3-5-14-32/h6-11,16H,3-5,12-15,17-18H2,1-2H3. The average molecular weight is 491 g/mol. The first kappa shape index (κ1) is 24.0. The highest BCUT2D eigenvalue weighted by atomic mass is 19.1. The number of halogens is 1. The van der Waals surface area contributed by atoms with E-state index in [1.807, 2.05) is 29.2 Å². The maximum Gasteiger partial charge on any atom is 0.229 e. The first-order valence-corrected chi connectivity index (χ1v) is 12.5. The molecule has 1 fully saturated rings. The van der Waals surface area contributed by atoms with Gasteiger partial charge in [0.1, 0.15) is 17.3 Å². The lowest BCUT2D eigenvalue weighted by atomic mass is 10.0. The number of aromatic nitrogens is 2. The van der Waals surface area contributed by atoms with Gasteiger partial charge in [0.15, 0.2) is 0 Å². The molecule has 0 radical (unpaired) electrons. The number of anilines is 1. The number of carbonyl (C=O) groups is 1. The molecule has 1 aromatic heterocycles. The number of hydrogen-bond donors (Lipinski definition) is 0. The van der Waals surface area contributed by atoms with E-state index in [1.165, 1.54) is 12.5 Å². The van der Waals surface area contributed by atoms with Crippen LogP contribution in [0, 0.1) is 12.7 Å². The van der Waals surface area contributed by atoms with Crippen molar-refractivity contribution in [2.75, 3.05) is 31.6 Å². The molecule has 5 rings (SSSR count). The Balaban J connectivity index is 1.41. The highest BCUT2D eigenvalue weighted by Crippen LogP contribution is 2.33. The van der Waals surface area contributed by atoms with E-state index in [0.717, 1.165) is 48.5 Å². The Kier molecular flexibility index (Phi) is 7.02. The average Bonchev–Trinajstić information content (AvgIpc) is 2.91. The largest absolute Gasteiger partial charge is 0.497 e. The predicted octanol–water partition coefficient (Wildman–Crippen LogP) is 4.84. The van der Waals surface area contributed by atoms with Crippen LogP contribution in [0.1, 0.15) is 41.6 Å². The van der Waals surface area contributed by atoms with Gasteiger partial charge >= 0.3 is 0 Å². The fourth-order valence-corrected chi connectivity index (χ4v) is 4.73. The van der Waals surface area contributed by atoms with E-state index >= 15 is 0 Å². The van der Waals surface area contributed by atoms with Crippen molar-refractivity contribution >= 4 is 11.9 Å². The first-order chi connectivity index (χ1) is 17.5. The summed E-state index contributed by atoms with van der Waals surface area (Å²) in [5.41, 5.74) is 3.16. The van der Waals surface area contributed by atoms with Gasteiger partial charge in [-0.2, -0.15) is 4.98 Å². The second kappa shape index (κ2) is 10.5. The van der Waals surface area contributed by atoms with E-state index in [2.05, 4.69) is 4.90 Å². The molecule has 2 aliphatic rings. The highest BCUT2D eigenvalue weighted by Gasteiger charge is 2.28. The van der Waals surface area contributed by atoms with Gasteiger partial charge in [-0.1, -0.05) is 12.1 Å². The van der Waals surface area contributed by atoms with Crippen LogP contribution < -0.4 is 14.4 Å². The summed E-state index contributed by atoms with van der Waals surface area (Å²) >= 11 is 0. The molecule has 0 bridgehead atoms. The fraction of sp³-hybridized carbons (Fsp3) is 0.393. The van der Waals surface area contributed by atoms with Crippen LogP contribution in [0.25, 0.3) is 0 Å². The van der Waals surface area contributed by atoms with Crippen LogP contribution >= 0.6 is 0 Å². The second-order valence-corrected chi connectivity index (χ2v) is 9.40. The van der Waals surface area contributed by atoms with Crippen molar-refractivity contribution in [3.05, 3.63) is 70.7 Å². The van der Waals surface area contributed by atoms with Gasteiger partial charge in [0.2, 0.25) is 17.7 Å². The number of methoxy groups -OCH3 is 1. The molecule has 36 heavy (non-hydrogen) atoms. The van der Waals surface area contributed by atoms with Crippen molar-refractivity contribution in [1.29, 1.82) is 0 Å². The quantitative estimate of drug-likeness (QED) is 0.493. The summed E-state index contributed by atoms with van der Waals surface area (Å²) in [5, 5.41) is 0. The summed E-state index contributed by atoms with van der Waals surface area (Å²) in [6.07, 6.45) is 4.37. The molecule has 0 N–H and O–H groups in total. The van der Waals surface area contributed by atoms with E-state index in [-0.39, 0.29) is 11.7 Å². The number of rotatable bonds is 6. The van der Waals surface area contributed by atoms with Crippen LogP contribution in [-0.2, 0) is 24.2 Å². The van der Waals surface area contributed by atoms with Crippen LogP contribution in [-0.4, -0.2) is 47.5 Å². The molecule has 3 aromatic rings. The topological polar surface area (TPSA) is 67.8 Å². The number of carbonyl (C=O) groups excluding carboxylic acids is 1. The molecule has 1 saturated heterocycles. The minimum Gasteiger partial charge on any atom is -0.497 e. The maximum absolute atomic E-state index is 13.8. The van der Waals surface area contributed by atoms with Crippen molar-refractivity contribution in [3.8, 4) is 17.4 Å². The Morgan fingerprint density at radius 3 is 2.47 bits per heavy atom. The van der Waals surface area contributed by atoms with E-state index in [0.29, 0.717) is 49.1 Å². The van der Waals surface area contributed by atoms with Gasteiger partial charge in [0.25, 0.3) is 0 Å². The lowest BCUT2D eigenvalue weighted by Crippen LogP contribution is -2.38. The number of nitrogens with zero attached hydrogens (tertiary/aromatic N) is 4. The molecule has 8 heteroatoms. The van der Waals surface area contributed by atoms with E-state index in [4.69, 9.17) is 19.4 Å². The second-order valence-electron chi connectivity index (χ2n) is 9.40. The maximum atomic E-state index is 13.8. The molecule has 2 aliphatic heterocycles. The number of aryl methyl sites for hydroxylation is 1. The molecule has 0 spiro atoms. The van der Waals surface area contributed by atoms with Crippen molar-refractivity contribution in [2.45, 2.75) is 45.6 Å². The molecule has 0 atom stereocenters. The molecule has 7 nitrogen and oxygen atoms in total. The number of benzene rings is 2. The van der Waals surface area contributed by atoms with Gasteiger partial charge in [-0.15, -0.1) is 0 Å². The Bertz CT molecular complexity index is 1240. The molecule has 1 amide bonds. The zero-order valence-electron chi connectivity index (χ0n) is 20.8. The Morgan fingerprint density at radius 1 is 1.00 bits per heavy atom. The molecule has 188 valence electrons. The molecular weight excluding hydrogens is 459 g/mol. The highest BCUT2D eigenvalue weighted by molar-refractivity contribution is 5.79. The van der Waals surface area contributed by atoms with Crippen molar-refractivity contribution < 1.29 is 18.7 Å². The summed E-state index contributed by atoms with van der Waals surface area (Å²) in [6.45, 7) is 4.50. The van der Waals surface area contributed by atoms with E-state index in [9.17, 15) is 9.18 Å². The zero-order chi connectivity index (χ0) is 25.1. The molecule has 0 saturated carbocycles. The van der Waals surface area contributed by atoms with Crippen molar-refractivity contribution in [2.24, 2.45) is 0 Å². The molecule has 0 unspecified atom stereocenters. The summed E-state index contributed by atoms with van der Waals surface area (Å²) in [7, 11) is 1.62. The molecule has 0 aliphatic carbocycles. The van der Waals surface area contributed by atoms with E-state index < -0.39 is 0 Å². The zero-order valence-corrected chi connectivity index (χ0v) is 20.8. The van der Waals surface area contributed by atoms with Crippen LogP contribution in [0.15, 0.2) is 42.5 Å². The van der Waals surface area contributed by atoms with Crippen molar-refractivity contribution in [3.63, 3.8) is 0 Å². The van der Waals surface area contributed by atoms with Crippen LogP contribution in [0.5, 0.6) is 17.4 Å². The third kappa shape index (κ3) is 5.27. The first-order valence-electron chi connectivity index (χ1n) is 12.5. The third-order valence-corrected chi connectivity index (χ3v) is 6.86. The number of piperidine rings is 1. The fourth-order valence-electron chi connectivity index (χ4n) is 4.73. The summed E-state index contributed by atoms with van der Waals surface area (Å²) in [6, 6.07) is 12.2. The van der Waals surface area contributed by atoms with Gasteiger partial charge in [-0.25, -0.2) is 9.37 Å². The number of fused-ring (bicyclic) bond motifs is 1. The van der Waals surface area contributed by atoms with Gasteiger partial charge in [0.05, 0.1) is 31.3 Å². The van der Waals surface area contributed by atoms with Gasteiger partial charge in [-0.3, -0.25) is 4.79 Å². The Labute approximate surface area is 210 Å². The van der Waals surface area contributed by atoms with Gasteiger partial charge in [0, 0.05) is 26.1 Å². The summed E-state index contributed by atoms with van der Waals surface area (Å²) in [4.78, 5) is 26.9. The SMILES string of the molecule is COc1ccc(CC(=O)N2CCc3nc(N4CCCCC4)nc(Oc4ccc(F)c(C)c4)c3C2)cc1. The normalized spacial score (nSPS) is 15.4. The minimum absolute atomic E-state index is 0.0366. The minimum atomic E-state index is -0.281. The predicted molar refractivity (Wildman–Crippen MR) is 135 cm³/mol. The molecular formula is C28H31FN4O3. The van der Waals surface area contributed by atoms with Crippen LogP contribution in [0.4, 0.5) is 10.3 Å². The summed E-state index contributed by atoms with van der Waals surface area (Å²) < 4.78 is 25.3. The number of hydrogen-bond acceptors (Lipinski definition) is 6.